The van der Waals surface area contributed by atoms with E-state index >= 15 is 13.2 Å². The smallest absolute Gasteiger partial charge is 0.311 e. The molecule has 0 N–H and O–H groups in total. The summed E-state index contributed by atoms with van der Waals surface area (Å²) in [5.74, 6) is 0. The Bertz CT molecular complexity index is 5660. The zero-order chi connectivity index (χ0) is 68.0. The summed E-state index contributed by atoms with van der Waals surface area (Å²) in [6, 6.07) is 125. The van der Waals surface area contributed by atoms with E-state index in [0.29, 0.717) is 22.5 Å². The molecule has 0 spiro atoms. The second-order valence-electron chi connectivity index (χ2n) is 26.2. The number of benzene rings is 15. The summed E-state index contributed by atoms with van der Waals surface area (Å²) in [7, 11) is 0. The van der Waals surface area contributed by atoms with Crippen LogP contribution in [0.25, 0.3) is 33.4 Å². The fourth-order valence-electron chi connectivity index (χ4n) is 16.2. The third-order valence-corrected chi connectivity index (χ3v) is 21.6. The van der Waals surface area contributed by atoms with Gasteiger partial charge in [-0.25, -0.2) is 0 Å². The monoisotopic (exact) mass is 1330 g/mol. The number of nitrogens with zero attached hydrogens (tertiary/aromatic N) is 5. The van der Waals surface area contributed by atoms with Gasteiger partial charge in [0.25, 0.3) is 6.71 Å². The molecule has 102 heavy (non-hydrogen) atoms. The Kier molecular flexibility index (Phi) is 14.7. The highest BCUT2D eigenvalue weighted by molar-refractivity contribution is 8.00. The van der Waals surface area contributed by atoms with Gasteiger partial charge in [-0.1, -0.05) is 266 Å². The van der Waals surface area contributed by atoms with Crippen LogP contribution in [-0.2, 0) is 6.18 Å². The predicted molar refractivity (Wildman–Crippen MR) is 421 cm³/mol. The second kappa shape index (κ2) is 24.8. The first-order valence-electron chi connectivity index (χ1n) is 34.4. The average Bonchev–Trinajstić information content (AvgIpc) is 0.686. The molecule has 482 valence electrons. The number of rotatable bonds is 12. The Labute approximate surface area is 596 Å². The molecule has 15 aromatic rings. The lowest BCUT2D eigenvalue weighted by Gasteiger charge is -2.46. The van der Waals surface area contributed by atoms with Crippen LogP contribution in [0.15, 0.2) is 374 Å². The molecule has 0 fully saturated rings. The minimum atomic E-state index is -4.81. The molecule has 0 bridgehead atoms. The maximum absolute atomic E-state index is 17.1. The first-order chi connectivity index (χ1) is 50.3. The molecule has 5 nitrogen and oxygen atoms in total. The molecule has 4 aliphatic rings. The lowest BCUT2D eigenvalue weighted by molar-refractivity contribution is -0.137. The Morgan fingerprint density at radius 3 is 1.27 bits per heavy atom. The van der Waals surface area contributed by atoms with Crippen LogP contribution in [0.3, 0.4) is 0 Å². The zero-order valence-electron chi connectivity index (χ0n) is 55.1. The maximum Gasteiger partial charge on any atom is 0.418 e. The van der Waals surface area contributed by atoms with Crippen LogP contribution in [0.4, 0.5) is 98.5 Å². The summed E-state index contributed by atoms with van der Waals surface area (Å²) in [5, 5.41) is 0. The van der Waals surface area contributed by atoms with Crippen molar-refractivity contribution in [3.05, 3.63) is 370 Å². The van der Waals surface area contributed by atoms with Gasteiger partial charge in [0.05, 0.1) is 22.6 Å². The second-order valence-corrected chi connectivity index (χ2v) is 27.3. The number of hydrogen-bond donors (Lipinski definition) is 0. The van der Waals surface area contributed by atoms with Crippen molar-refractivity contribution in [3.8, 4) is 33.4 Å². The molecule has 4 heterocycles. The topological polar surface area (TPSA) is 16.2 Å². The Morgan fingerprint density at radius 2 is 0.706 bits per heavy atom. The molecular weight excluding hydrogens is 1270 g/mol. The van der Waals surface area contributed by atoms with Crippen LogP contribution in [0.2, 0.25) is 0 Å². The molecule has 0 unspecified atom stereocenters. The molecule has 19 rings (SSSR count). The van der Waals surface area contributed by atoms with Crippen LogP contribution < -0.4 is 57.3 Å². The van der Waals surface area contributed by atoms with Crippen molar-refractivity contribution in [1.29, 1.82) is 0 Å². The number of anilines is 15. The van der Waals surface area contributed by atoms with Crippen LogP contribution >= 0.6 is 11.8 Å². The van der Waals surface area contributed by atoms with Crippen molar-refractivity contribution in [2.45, 2.75) is 16.0 Å². The van der Waals surface area contributed by atoms with Gasteiger partial charge in [0.1, 0.15) is 0 Å². The molecule has 0 radical (unpaired) electrons. The van der Waals surface area contributed by atoms with Crippen molar-refractivity contribution < 1.29 is 13.2 Å². The molecule has 0 aliphatic carbocycles. The SMILES string of the molecule is FC(F)(F)c1cccc(-c2ccccc2)c1N1c2cc3c(cc2B2c4ccccc4N(c4ccccc4)c4cc(N(c5ccc(-c6ccccc6)cc5)c5ccccc5-c5ccccc5)cc1c42)B1c2ccccc2N(c2ccccc2)c2cc(N(c4ccccc4)c4ccccc4)cc(c21)S3. The highest BCUT2D eigenvalue weighted by atomic mass is 32.2. The molecular formula is C91H60B2F3N5S. The van der Waals surface area contributed by atoms with Crippen LogP contribution in [0, 0.1) is 0 Å². The minimum Gasteiger partial charge on any atom is -0.311 e. The van der Waals surface area contributed by atoms with Gasteiger partial charge in [0, 0.05) is 89.2 Å². The van der Waals surface area contributed by atoms with Crippen molar-refractivity contribution in [3.63, 3.8) is 0 Å². The number of fused-ring (bicyclic) bond motifs is 8. The minimum absolute atomic E-state index is 0.0393. The van der Waals surface area contributed by atoms with Crippen LogP contribution in [-0.4, -0.2) is 13.4 Å². The van der Waals surface area contributed by atoms with E-state index in [4.69, 9.17) is 0 Å². The number of halogens is 3. The Morgan fingerprint density at radius 1 is 0.275 bits per heavy atom. The highest BCUT2D eigenvalue weighted by Crippen LogP contribution is 2.55. The first kappa shape index (κ1) is 60.7. The van der Waals surface area contributed by atoms with Gasteiger partial charge >= 0.3 is 6.18 Å². The van der Waals surface area contributed by atoms with E-state index in [1.165, 1.54) is 11.5 Å². The van der Waals surface area contributed by atoms with Crippen molar-refractivity contribution in [2.24, 2.45) is 0 Å². The number of alkyl halides is 3. The number of para-hydroxylation sites is 8. The Hall–Kier alpha value is -12.4. The molecule has 0 saturated heterocycles. The fourth-order valence-corrected chi connectivity index (χ4v) is 17.4. The molecule has 0 amide bonds. The van der Waals surface area contributed by atoms with Crippen molar-refractivity contribution in [2.75, 3.05) is 24.5 Å². The predicted octanol–water partition coefficient (Wildman–Crippen LogP) is 21.5. The van der Waals surface area contributed by atoms with E-state index < -0.39 is 18.5 Å². The summed E-state index contributed by atoms with van der Waals surface area (Å²) in [6.07, 6.45) is -4.81. The summed E-state index contributed by atoms with van der Waals surface area (Å²) in [6.45, 7) is -0.780. The highest BCUT2D eigenvalue weighted by Gasteiger charge is 2.49. The van der Waals surface area contributed by atoms with Crippen molar-refractivity contribution >= 4 is 143 Å². The molecule has 4 aliphatic heterocycles. The Balaban J connectivity index is 0.932. The third-order valence-electron chi connectivity index (χ3n) is 20.4. The summed E-state index contributed by atoms with van der Waals surface area (Å²) < 4.78 is 51.4. The van der Waals surface area contributed by atoms with Gasteiger partial charge in [0.15, 0.2) is 0 Å². The lowest BCUT2D eigenvalue weighted by Crippen LogP contribution is -2.64. The lowest BCUT2D eigenvalue weighted by atomic mass is 9.31. The van der Waals surface area contributed by atoms with Gasteiger partial charge < -0.3 is 24.5 Å². The molecule has 0 saturated carbocycles. The van der Waals surface area contributed by atoms with Crippen molar-refractivity contribution in [1.82, 2.24) is 0 Å². The first-order valence-corrected chi connectivity index (χ1v) is 35.3. The quantitative estimate of drug-likeness (QED) is 0.113. The van der Waals surface area contributed by atoms with Gasteiger partial charge in [-0.2, -0.15) is 13.2 Å². The molecule has 0 aromatic heterocycles. The van der Waals surface area contributed by atoms with E-state index in [1.54, 1.807) is 17.8 Å². The van der Waals surface area contributed by atoms with Gasteiger partial charge in [-0.05, 0) is 165 Å². The standard InChI is InChI=1S/C91H60B2F3N5S/c94-91(95,96)74-45-28-44-73(64-33-12-3-13-34-64)90(74)101-82-60-86-78(93-76-47-24-27-50-81(76)100(68-41-20-7-21-42-68)85-57-71(58-87(102-86)89(85)93)97(65-35-14-4-15-36-65)66-37-16-5-17-38-66)59-77(82)92-75-46-23-26-49-80(75)99(67-39-18-6-19-40-67)83-55-70(56-84(101)88(83)92)98(69-53-51-62(52-54-69)61-29-8-1-9-30-61)79-48-25-22-43-72(79)63-31-10-2-11-32-63/h1-60H. The van der Waals surface area contributed by atoms with E-state index in [-0.39, 0.29) is 12.4 Å². The normalized spacial score (nSPS) is 12.9. The summed E-state index contributed by atoms with van der Waals surface area (Å²) in [4.78, 5) is 13.4. The molecule has 11 heteroatoms. The van der Waals surface area contributed by atoms with E-state index in [0.717, 1.165) is 128 Å². The molecule has 0 atom stereocenters. The molecule has 15 aromatic carbocycles. The largest absolute Gasteiger partial charge is 0.418 e. The van der Waals surface area contributed by atoms with Gasteiger partial charge in [-0.3, -0.25) is 0 Å². The van der Waals surface area contributed by atoms with E-state index in [2.05, 4.69) is 305 Å². The third kappa shape index (κ3) is 10.1. The van der Waals surface area contributed by atoms with E-state index in [1.807, 2.05) is 71.6 Å². The van der Waals surface area contributed by atoms with Crippen LogP contribution in [0.1, 0.15) is 5.56 Å². The zero-order valence-corrected chi connectivity index (χ0v) is 55.9. The van der Waals surface area contributed by atoms with Gasteiger partial charge in [0.2, 0.25) is 6.71 Å². The maximum atomic E-state index is 17.1. The average molecular weight is 1330 g/mol. The van der Waals surface area contributed by atoms with Gasteiger partial charge in [-0.15, -0.1) is 0 Å². The number of hydrogen-bond acceptors (Lipinski definition) is 6. The fraction of sp³-hybridized carbons (Fsp3) is 0.0110. The summed E-state index contributed by atoms with van der Waals surface area (Å²) >= 11 is 1.70. The van der Waals surface area contributed by atoms with E-state index in [9.17, 15) is 0 Å². The summed E-state index contributed by atoms with van der Waals surface area (Å²) in [5.41, 5.74) is 23.4. The van der Waals surface area contributed by atoms with Crippen LogP contribution in [0.5, 0.6) is 0 Å².